The van der Waals surface area contributed by atoms with E-state index in [1.54, 1.807) is 48.5 Å². The van der Waals surface area contributed by atoms with E-state index in [9.17, 15) is 19.5 Å². The van der Waals surface area contributed by atoms with Gasteiger partial charge in [0.05, 0.1) is 6.61 Å². The van der Waals surface area contributed by atoms with E-state index in [2.05, 4.69) is 17.2 Å². The molecule has 2 amide bonds. The van der Waals surface area contributed by atoms with Crippen LogP contribution in [0.3, 0.4) is 0 Å². The number of nitrogens with zero attached hydrogens (tertiary/aromatic N) is 1. The quantitative estimate of drug-likeness (QED) is 0.339. The molecule has 9 nitrogen and oxygen atoms in total. The Labute approximate surface area is 222 Å². The molecule has 1 saturated heterocycles. The molecule has 2 aromatic rings. The molecule has 202 valence electrons. The highest BCUT2D eigenvalue weighted by molar-refractivity contribution is 6.14. The Bertz CT molecular complexity index is 1180. The average Bonchev–Trinajstić information content (AvgIpc) is 2.97. The van der Waals surface area contributed by atoms with Crippen LogP contribution >= 0.6 is 0 Å². The first-order valence-corrected chi connectivity index (χ1v) is 12.5. The highest BCUT2D eigenvalue weighted by atomic mass is 16.7. The maximum Gasteiger partial charge on any atom is 0.254 e. The smallest absolute Gasteiger partial charge is 0.254 e. The number of carbonyl (C=O) groups excluding carboxylic acids is 3. The summed E-state index contributed by atoms with van der Waals surface area (Å²) in [5.74, 6) is 4.34. The number of aliphatic hydroxyl groups is 2. The molecule has 1 unspecified atom stereocenters. The fraction of sp³-hybridized carbons (Fsp3) is 0.414. The Balaban J connectivity index is 1.71. The van der Waals surface area contributed by atoms with Crippen LogP contribution < -0.4 is 5.32 Å². The van der Waals surface area contributed by atoms with E-state index in [0.29, 0.717) is 29.7 Å². The van der Waals surface area contributed by atoms with Crippen LogP contribution in [0.15, 0.2) is 48.5 Å². The maximum atomic E-state index is 13.3. The molecule has 0 aliphatic carbocycles. The predicted molar refractivity (Wildman–Crippen MR) is 140 cm³/mol. The molecule has 1 aliphatic rings. The van der Waals surface area contributed by atoms with Gasteiger partial charge in [0.2, 0.25) is 0 Å². The molecule has 3 N–H and O–H groups in total. The lowest BCUT2D eigenvalue weighted by molar-refractivity contribution is -0.174. The predicted octanol–water partition coefficient (Wildman–Crippen LogP) is 1.80. The average molecular weight is 523 g/mol. The van der Waals surface area contributed by atoms with E-state index in [0.717, 1.165) is 23.3 Å². The largest absolute Gasteiger partial charge is 0.393 e. The van der Waals surface area contributed by atoms with E-state index < -0.39 is 35.5 Å². The van der Waals surface area contributed by atoms with Crippen LogP contribution in [0.25, 0.3) is 0 Å². The van der Waals surface area contributed by atoms with Crippen molar-refractivity contribution in [3.8, 4) is 11.8 Å². The Morgan fingerprint density at radius 2 is 1.71 bits per heavy atom. The van der Waals surface area contributed by atoms with Crippen molar-refractivity contribution in [3.63, 3.8) is 0 Å². The number of rotatable bonds is 9. The second kappa shape index (κ2) is 13.3. The van der Waals surface area contributed by atoms with Crippen molar-refractivity contribution < 1.29 is 34.1 Å². The Morgan fingerprint density at radius 3 is 2.24 bits per heavy atom. The summed E-state index contributed by atoms with van der Waals surface area (Å²) >= 11 is 0. The van der Waals surface area contributed by atoms with Gasteiger partial charge in [-0.05, 0) is 68.1 Å². The summed E-state index contributed by atoms with van der Waals surface area (Å²) in [6, 6.07) is 13.4. The summed E-state index contributed by atoms with van der Waals surface area (Å²) in [7, 11) is 2.82. The Kier molecular flexibility index (Phi) is 10.2. The van der Waals surface area contributed by atoms with E-state index >= 15 is 0 Å². The third-order valence-electron chi connectivity index (χ3n) is 6.68. The number of Topliss-reactive ketones (excluding diaryl/α,β-unsaturated/α-hetero) is 1. The monoisotopic (exact) mass is 522 g/mol. The first-order valence-electron chi connectivity index (χ1n) is 12.5. The lowest BCUT2D eigenvalue weighted by Gasteiger charge is -2.36. The van der Waals surface area contributed by atoms with Crippen LogP contribution in [-0.4, -0.2) is 78.5 Å². The van der Waals surface area contributed by atoms with Gasteiger partial charge in [-0.25, -0.2) is 0 Å². The molecule has 1 heterocycles. The highest BCUT2D eigenvalue weighted by Crippen LogP contribution is 2.21. The molecule has 0 bridgehead atoms. The molecule has 0 saturated carbocycles. The van der Waals surface area contributed by atoms with Gasteiger partial charge in [-0.15, -0.1) is 0 Å². The lowest BCUT2D eigenvalue weighted by atomic mass is 9.92. The topological polar surface area (TPSA) is 125 Å². The number of likely N-dealkylation sites (N-methyl/N-ethyl adjacent to an activating group) is 2. The van der Waals surface area contributed by atoms with E-state index in [1.807, 2.05) is 0 Å². The molecule has 0 aromatic heterocycles. The first-order chi connectivity index (χ1) is 18.2. The highest BCUT2D eigenvalue weighted by Gasteiger charge is 2.46. The molecule has 1 fully saturated rings. The molecule has 9 heteroatoms. The van der Waals surface area contributed by atoms with Crippen LogP contribution in [0.2, 0.25) is 0 Å². The van der Waals surface area contributed by atoms with Crippen LogP contribution in [0, 0.1) is 11.8 Å². The summed E-state index contributed by atoms with van der Waals surface area (Å²) in [6.45, 7) is 1.25. The second-order valence-corrected chi connectivity index (χ2v) is 9.19. The van der Waals surface area contributed by atoms with Crippen LogP contribution in [0.4, 0.5) is 0 Å². The van der Waals surface area contributed by atoms with Gasteiger partial charge in [0.1, 0.15) is 12.7 Å². The number of aliphatic hydroxyl groups excluding tert-OH is 2. The molecule has 0 radical (unpaired) electrons. The molecule has 0 spiro atoms. The zero-order chi connectivity index (χ0) is 27.7. The summed E-state index contributed by atoms with van der Waals surface area (Å²) in [6.07, 6.45) is 1.12. The van der Waals surface area contributed by atoms with Gasteiger partial charge in [0, 0.05) is 37.4 Å². The maximum absolute atomic E-state index is 13.3. The molecule has 1 aliphatic heterocycles. The van der Waals surface area contributed by atoms with Crippen LogP contribution in [0.5, 0.6) is 0 Å². The molecule has 2 aromatic carbocycles. The van der Waals surface area contributed by atoms with Gasteiger partial charge < -0.3 is 29.9 Å². The number of carbonyl (C=O) groups is 3. The van der Waals surface area contributed by atoms with E-state index in [-0.39, 0.29) is 13.2 Å². The molecule has 38 heavy (non-hydrogen) atoms. The Morgan fingerprint density at radius 1 is 1.11 bits per heavy atom. The van der Waals surface area contributed by atoms with E-state index in [4.69, 9.17) is 14.6 Å². The first kappa shape index (κ1) is 29.0. The van der Waals surface area contributed by atoms with Crippen molar-refractivity contribution >= 4 is 17.6 Å². The van der Waals surface area contributed by atoms with E-state index in [1.165, 1.54) is 21.0 Å². The van der Waals surface area contributed by atoms with Gasteiger partial charge in [-0.3, -0.25) is 14.4 Å². The van der Waals surface area contributed by atoms with Crippen LogP contribution in [-0.2, 0) is 19.1 Å². The fourth-order valence-corrected chi connectivity index (χ4v) is 3.99. The zero-order valence-electron chi connectivity index (χ0n) is 21.9. The third kappa shape index (κ3) is 6.85. The molecule has 3 atom stereocenters. The Hall–Kier alpha value is -3.55. The van der Waals surface area contributed by atoms with Gasteiger partial charge in [-0.2, -0.15) is 0 Å². The minimum atomic E-state index is -1.78. The van der Waals surface area contributed by atoms with Crippen molar-refractivity contribution in [1.82, 2.24) is 10.2 Å². The number of nitrogens with one attached hydrogen (secondary N) is 1. The van der Waals surface area contributed by atoms with Gasteiger partial charge in [-0.1, -0.05) is 24.0 Å². The zero-order valence-corrected chi connectivity index (χ0v) is 21.9. The normalized spacial score (nSPS) is 17.3. The summed E-state index contributed by atoms with van der Waals surface area (Å²) < 4.78 is 11.1. The number of benzene rings is 2. The minimum Gasteiger partial charge on any atom is -0.393 e. The van der Waals surface area contributed by atoms with Crippen molar-refractivity contribution in [3.05, 3.63) is 70.8 Å². The summed E-state index contributed by atoms with van der Waals surface area (Å²) in [5.41, 5.74) is 0.490. The van der Waals surface area contributed by atoms with Gasteiger partial charge in [0.25, 0.3) is 11.8 Å². The number of hydrogen-bond donors (Lipinski definition) is 3. The minimum absolute atomic E-state index is 0.292. The van der Waals surface area contributed by atoms with Gasteiger partial charge in [0.15, 0.2) is 17.6 Å². The number of amides is 2. The lowest BCUT2D eigenvalue weighted by Crippen LogP contribution is -2.62. The second-order valence-electron chi connectivity index (χ2n) is 9.19. The molecule has 3 rings (SSSR count). The summed E-state index contributed by atoms with van der Waals surface area (Å²) in [5, 5.41) is 21.2. The van der Waals surface area contributed by atoms with Crippen molar-refractivity contribution in [2.24, 2.45) is 0 Å². The number of ketones is 1. The fourth-order valence-electron chi connectivity index (χ4n) is 3.99. The van der Waals surface area contributed by atoms with Crippen molar-refractivity contribution in [1.29, 1.82) is 0 Å². The van der Waals surface area contributed by atoms with Crippen molar-refractivity contribution in [2.45, 2.75) is 44.1 Å². The summed E-state index contributed by atoms with van der Waals surface area (Å²) in [4.78, 5) is 40.4. The number of hydrogen-bond acceptors (Lipinski definition) is 7. The van der Waals surface area contributed by atoms with Crippen LogP contribution in [0.1, 0.15) is 59.3 Å². The third-order valence-corrected chi connectivity index (χ3v) is 6.68. The molecular formula is C29H34N2O7. The standard InChI is InChI=1S/C29H34N2O7/c1-29(28(36)30-2,25(34)19-38-26-6-4-5-17-37-26)31(3)27(35)23-15-11-21(12-16-23)8-7-20-9-13-22(14-10-20)24(33)18-32/h9-16,24,26,32-33H,4-6,17-19H2,1-3H3,(H,30,36)/t24-,26?,29-/m1/s1. The van der Waals surface area contributed by atoms with Crippen molar-refractivity contribution in [2.75, 3.05) is 33.9 Å². The number of ether oxygens (including phenoxy) is 2. The molecular weight excluding hydrogens is 488 g/mol. The SMILES string of the molecule is CNC(=O)[C@@](C)(C(=O)COC1CCCCO1)N(C)C(=O)c1ccc(C#Cc2ccc([C@H](O)CO)cc2)cc1. The van der Waals surface area contributed by atoms with Gasteiger partial charge >= 0.3 is 0 Å².